The molecule has 110 valence electrons. The van der Waals surface area contributed by atoms with E-state index < -0.39 is 0 Å². The molecule has 1 amide bonds. The molecule has 0 fully saturated rings. The van der Waals surface area contributed by atoms with Gasteiger partial charge in [-0.3, -0.25) is 14.8 Å². The molecule has 1 heterocycles. The third kappa shape index (κ3) is 4.01. The Morgan fingerprint density at radius 2 is 2.05 bits per heavy atom. The maximum atomic E-state index is 12.2. The lowest BCUT2D eigenvalue weighted by Gasteiger charge is -2.15. The Hall–Kier alpha value is -1.95. The summed E-state index contributed by atoms with van der Waals surface area (Å²) >= 11 is 3.43. The van der Waals surface area contributed by atoms with Crippen LogP contribution in [0.25, 0.3) is 0 Å². The molecule has 6 heteroatoms. The molecule has 2 rings (SSSR count). The molecule has 5 nitrogen and oxygen atoms in total. The Morgan fingerprint density at radius 1 is 1.29 bits per heavy atom. The lowest BCUT2D eigenvalue weighted by Crippen LogP contribution is -2.23. The van der Waals surface area contributed by atoms with Crippen molar-refractivity contribution < 1.29 is 4.79 Å². The van der Waals surface area contributed by atoms with Gasteiger partial charge in [0.25, 0.3) is 5.91 Å². The highest BCUT2D eigenvalue weighted by atomic mass is 79.9. The van der Waals surface area contributed by atoms with E-state index >= 15 is 0 Å². The predicted octanol–water partition coefficient (Wildman–Crippen LogP) is 2.86. The normalized spacial score (nSPS) is 10.3. The molecule has 0 radical (unpaired) electrons. The van der Waals surface area contributed by atoms with Crippen molar-refractivity contribution in [3.63, 3.8) is 0 Å². The van der Waals surface area contributed by atoms with Crippen molar-refractivity contribution in [3.05, 3.63) is 52.0 Å². The monoisotopic (exact) mass is 348 g/mol. The number of carbonyl (C=O) groups is 1. The Labute approximate surface area is 132 Å². The third-order valence-electron chi connectivity index (χ3n) is 2.91. The summed E-state index contributed by atoms with van der Waals surface area (Å²) in [5.74, 6) is -0.0417. The van der Waals surface area contributed by atoms with Crippen molar-refractivity contribution in [2.75, 3.05) is 19.4 Å². The molecule has 1 aromatic heterocycles. The number of amides is 1. The first kappa shape index (κ1) is 15.4. The number of anilines is 1. The second-order valence-corrected chi connectivity index (χ2v) is 5.81. The summed E-state index contributed by atoms with van der Waals surface area (Å²) < 4.78 is 0.912. The smallest absolute Gasteiger partial charge is 0.255 e. The first-order valence-electron chi connectivity index (χ1n) is 6.50. The molecular formula is C15H17BrN4O. The van der Waals surface area contributed by atoms with Gasteiger partial charge in [-0.25, -0.2) is 0 Å². The molecule has 0 saturated heterocycles. The van der Waals surface area contributed by atoms with Crippen LogP contribution in [-0.4, -0.2) is 34.9 Å². The minimum absolute atomic E-state index is 0.0417. The van der Waals surface area contributed by atoms with Crippen LogP contribution in [0.5, 0.6) is 0 Å². The summed E-state index contributed by atoms with van der Waals surface area (Å²) in [5.41, 5.74) is 3.10. The number of nitrogens with one attached hydrogen (secondary N) is 1. The van der Waals surface area contributed by atoms with Crippen LogP contribution in [0.15, 0.2) is 35.1 Å². The summed E-state index contributed by atoms with van der Waals surface area (Å²) in [4.78, 5) is 22.2. The van der Waals surface area contributed by atoms with Crippen LogP contribution in [0.4, 0.5) is 5.69 Å². The predicted molar refractivity (Wildman–Crippen MR) is 86.3 cm³/mol. The number of benzene rings is 1. The fourth-order valence-electron chi connectivity index (χ4n) is 1.79. The molecule has 0 spiro atoms. The van der Waals surface area contributed by atoms with Crippen molar-refractivity contribution in [2.24, 2.45) is 0 Å². The van der Waals surface area contributed by atoms with Crippen LogP contribution in [0.1, 0.15) is 21.7 Å². The van der Waals surface area contributed by atoms with Crippen LogP contribution in [-0.2, 0) is 6.54 Å². The van der Waals surface area contributed by atoms with E-state index in [-0.39, 0.29) is 5.91 Å². The first-order valence-corrected chi connectivity index (χ1v) is 7.29. The second-order valence-electron chi connectivity index (χ2n) is 4.89. The molecule has 0 aliphatic carbocycles. The molecule has 1 aromatic carbocycles. The van der Waals surface area contributed by atoms with Gasteiger partial charge in [-0.2, -0.15) is 0 Å². The fraction of sp³-hybridized carbons (Fsp3) is 0.267. The number of rotatable bonds is 4. The molecule has 0 atom stereocenters. The lowest BCUT2D eigenvalue weighted by molar-refractivity contribution is 0.0828. The molecule has 1 N–H and O–H groups in total. The van der Waals surface area contributed by atoms with E-state index in [9.17, 15) is 4.79 Å². The lowest BCUT2D eigenvalue weighted by atomic mass is 10.1. The van der Waals surface area contributed by atoms with E-state index in [0.29, 0.717) is 12.1 Å². The summed E-state index contributed by atoms with van der Waals surface area (Å²) in [6, 6.07) is 5.54. The Morgan fingerprint density at radius 3 is 2.67 bits per heavy atom. The van der Waals surface area contributed by atoms with E-state index in [1.165, 1.54) is 0 Å². The van der Waals surface area contributed by atoms with Crippen LogP contribution in [0.3, 0.4) is 0 Å². The average Bonchev–Trinajstić information content (AvgIpc) is 2.46. The molecule has 0 aliphatic rings. The van der Waals surface area contributed by atoms with Gasteiger partial charge in [0.15, 0.2) is 0 Å². The highest BCUT2D eigenvalue weighted by Crippen LogP contribution is 2.23. The summed E-state index contributed by atoms with van der Waals surface area (Å²) in [6.07, 6.45) is 3.46. The molecule has 21 heavy (non-hydrogen) atoms. The molecule has 0 aliphatic heterocycles. The third-order valence-corrected chi connectivity index (χ3v) is 3.41. The van der Waals surface area contributed by atoms with E-state index in [1.54, 1.807) is 37.5 Å². The van der Waals surface area contributed by atoms with Crippen LogP contribution >= 0.6 is 15.9 Å². The maximum absolute atomic E-state index is 12.2. The summed E-state index contributed by atoms with van der Waals surface area (Å²) in [5, 5.41) is 3.25. The quantitative estimate of drug-likeness (QED) is 0.922. The first-order chi connectivity index (χ1) is 9.97. The number of aromatic nitrogens is 2. The minimum Gasteiger partial charge on any atom is -0.379 e. The largest absolute Gasteiger partial charge is 0.379 e. The van der Waals surface area contributed by atoms with E-state index in [4.69, 9.17) is 0 Å². The highest BCUT2D eigenvalue weighted by Gasteiger charge is 2.13. The van der Waals surface area contributed by atoms with E-state index in [0.717, 1.165) is 21.5 Å². The zero-order chi connectivity index (χ0) is 15.4. The maximum Gasteiger partial charge on any atom is 0.255 e. The van der Waals surface area contributed by atoms with Crippen molar-refractivity contribution in [2.45, 2.75) is 13.5 Å². The topological polar surface area (TPSA) is 58.1 Å². The average molecular weight is 349 g/mol. The van der Waals surface area contributed by atoms with Crippen molar-refractivity contribution in [1.29, 1.82) is 0 Å². The Balaban J connectivity index is 2.20. The highest BCUT2D eigenvalue weighted by molar-refractivity contribution is 9.10. The van der Waals surface area contributed by atoms with Gasteiger partial charge < -0.3 is 10.2 Å². The molecule has 0 unspecified atom stereocenters. The summed E-state index contributed by atoms with van der Waals surface area (Å²) in [7, 11) is 3.47. The Kier molecular flexibility index (Phi) is 4.90. The van der Waals surface area contributed by atoms with Gasteiger partial charge in [-0.15, -0.1) is 0 Å². The van der Waals surface area contributed by atoms with Gasteiger partial charge in [0.1, 0.15) is 0 Å². The van der Waals surface area contributed by atoms with Crippen LogP contribution in [0.2, 0.25) is 0 Å². The van der Waals surface area contributed by atoms with Crippen molar-refractivity contribution >= 4 is 27.5 Å². The minimum atomic E-state index is -0.0417. The van der Waals surface area contributed by atoms with Gasteiger partial charge in [-0.1, -0.05) is 15.9 Å². The number of nitrogens with zero attached hydrogens (tertiary/aromatic N) is 3. The number of aryl methyl sites for hydroxylation is 1. The Bertz CT molecular complexity index is 641. The molecule has 0 saturated carbocycles. The zero-order valence-corrected chi connectivity index (χ0v) is 13.8. The van der Waals surface area contributed by atoms with Crippen LogP contribution in [0, 0.1) is 6.92 Å². The fourth-order valence-corrected chi connectivity index (χ4v) is 2.15. The van der Waals surface area contributed by atoms with Crippen LogP contribution < -0.4 is 5.32 Å². The number of halogens is 1. The molecule has 0 bridgehead atoms. The van der Waals surface area contributed by atoms with E-state index in [1.807, 2.05) is 19.1 Å². The van der Waals surface area contributed by atoms with Crippen molar-refractivity contribution in [1.82, 2.24) is 14.9 Å². The second kappa shape index (κ2) is 6.67. The van der Waals surface area contributed by atoms with Gasteiger partial charge in [-0.05, 0) is 25.1 Å². The SMILES string of the molecule is Cc1cnc(CNc2cc(Br)ccc2C(=O)N(C)C)cn1. The standard InChI is InChI=1S/C15H17BrN4O/c1-10-7-18-12(8-17-10)9-19-14-6-11(16)4-5-13(14)15(21)20(2)3/h4-8,19H,9H2,1-3H3. The number of hydrogen-bond acceptors (Lipinski definition) is 4. The van der Waals surface area contributed by atoms with Gasteiger partial charge in [0.05, 0.1) is 29.7 Å². The molecular weight excluding hydrogens is 332 g/mol. The van der Waals surface area contributed by atoms with Gasteiger partial charge in [0.2, 0.25) is 0 Å². The number of hydrogen-bond donors (Lipinski definition) is 1. The summed E-state index contributed by atoms with van der Waals surface area (Å²) in [6.45, 7) is 2.41. The number of carbonyl (C=O) groups excluding carboxylic acids is 1. The van der Waals surface area contributed by atoms with Gasteiger partial charge >= 0.3 is 0 Å². The van der Waals surface area contributed by atoms with Gasteiger partial charge in [0, 0.05) is 30.5 Å². The molecule has 2 aromatic rings. The van der Waals surface area contributed by atoms with Crippen molar-refractivity contribution in [3.8, 4) is 0 Å². The zero-order valence-electron chi connectivity index (χ0n) is 12.2. The van der Waals surface area contributed by atoms with E-state index in [2.05, 4.69) is 31.2 Å².